The first-order chi connectivity index (χ1) is 8.67. The molecular formula is C12H11ClN2O2S. The van der Waals surface area contributed by atoms with Crippen LogP contribution in [0.25, 0.3) is 11.3 Å². The predicted octanol–water partition coefficient (Wildman–Crippen LogP) is 3.48. The summed E-state index contributed by atoms with van der Waals surface area (Å²) in [6.45, 7) is 0. The number of ether oxygens (including phenoxy) is 2. The van der Waals surface area contributed by atoms with Crippen LogP contribution in [-0.4, -0.2) is 24.2 Å². The van der Waals surface area contributed by atoms with Crippen molar-refractivity contribution in [3.8, 4) is 22.8 Å². The van der Waals surface area contributed by atoms with Crippen LogP contribution in [0.2, 0.25) is 5.02 Å². The van der Waals surface area contributed by atoms with Crippen LogP contribution in [-0.2, 0) is 0 Å². The number of aromatic amines is 1. The smallest absolute Gasteiger partial charge is 0.179 e. The number of nitrogens with zero attached hydrogens (tertiary/aromatic N) is 1. The summed E-state index contributed by atoms with van der Waals surface area (Å²) >= 11 is 11.1. The van der Waals surface area contributed by atoms with Gasteiger partial charge in [0.05, 0.1) is 26.2 Å². The highest BCUT2D eigenvalue weighted by atomic mass is 35.5. The normalized spacial score (nSPS) is 10.2. The minimum atomic E-state index is 0.383. The van der Waals surface area contributed by atoms with Crippen LogP contribution in [0, 0.1) is 4.64 Å². The number of benzene rings is 1. The number of methoxy groups -OCH3 is 2. The Hall–Kier alpha value is -1.59. The molecule has 0 saturated heterocycles. The number of hydrogen-bond acceptors (Lipinski definition) is 4. The van der Waals surface area contributed by atoms with Crippen molar-refractivity contribution in [3.63, 3.8) is 0 Å². The average molecular weight is 283 g/mol. The third-order valence-electron chi connectivity index (χ3n) is 2.45. The molecule has 18 heavy (non-hydrogen) atoms. The molecule has 0 radical (unpaired) electrons. The van der Waals surface area contributed by atoms with Gasteiger partial charge in [0.1, 0.15) is 5.75 Å². The lowest BCUT2D eigenvalue weighted by molar-refractivity contribution is 0.406. The van der Waals surface area contributed by atoms with Crippen molar-refractivity contribution in [1.29, 1.82) is 0 Å². The lowest BCUT2D eigenvalue weighted by Gasteiger charge is -2.12. The molecule has 0 aliphatic rings. The van der Waals surface area contributed by atoms with Gasteiger partial charge in [-0.05, 0) is 18.2 Å². The number of aromatic nitrogens is 2. The second-order valence-electron chi connectivity index (χ2n) is 3.46. The third-order valence-corrected chi connectivity index (χ3v) is 2.97. The van der Waals surface area contributed by atoms with Crippen LogP contribution in [0.3, 0.4) is 0 Å². The molecule has 0 spiro atoms. The molecular weight excluding hydrogens is 272 g/mol. The number of nitrogens with one attached hydrogen (secondary N) is 1. The van der Waals surface area contributed by atoms with Gasteiger partial charge in [-0.1, -0.05) is 23.8 Å². The molecule has 2 rings (SSSR count). The Morgan fingerprint density at radius 3 is 2.72 bits per heavy atom. The van der Waals surface area contributed by atoms with Gasteiger partial charge in [-0.3, -0.25) is 0 Å². The summed E-state index contributed by atoms with van der Waals surface area (Å²) < 4.78 is 11.0. The van der Waals surface area contributed by atoms with Crippen molar-refractivity contribution in [2.75, 3.05) is 14.2 Å². The van der Waals surface area contributed by atoms with Gasteiger partial charge < -0.3 is 14.5 Å². The summed E-state index contributed by atoms with van der Waals surface area (Å²) in [6.07, 6.45) is 1.51. The van der Waals surface area contributed by atoms with E-state index in [9.17, 15) is 0 Å². The zero-order valence-corrected chi connectivity index (χ0v) is 11.4. The number of halogens is 1. The van der Waals surface area contributed by atoms with Gasteiger partial charge in [0.15, 0.2) is 10.4 Å². The van der Waals surface area contributed by atoms with Gasteiger partial charge in [-0.25, -0.2) is 4.98 Å². The van der Waals surface area contributed by atoms with Gasteiger partial charge in [0.25, 0.3) is 0 Å². The van der Waals surface area contributed by atoms with Gasteiger partial charge in [0.2, 0.25) is 0 Å². The molecule has 1 N–H and O–H groups in total. The van der Waals surface area contributed by atoms with Crippen LogP contribution in [0.5, 0.6) is 11.5 Å². The fraction of sp³-hybridized carbons (Fsp3) is 0.167. The molecule has 0 unspecified atom stereocenters. The first-order valence-corrected chi connectivity index (χ1v) is 5.91. The molecule has 4 nitrogen and oxygen atoms in total. The molecule has 0 aliphatic heterocycles. The van der Waals surface area contributed by atoms with E-state index in [4.69, 9.17) is 33.3 Å². The SMILES string of the molecule is COc1ccc(Cl)cc1-c1[nH]cnc(=S)c1OC. The fourth-order valence-corrected chi connectivity index (χ4v) is 2.06. The molecule has 94 valence electrons. The molecule has 0 fully saturated rings. The van der Waals surface area contributed by atoms with Gasteiger partial charge in [-0.2, -0.15) is 0 Å². The summed E-state index contributed by atoms with van der Waals surface area (Å²) in [5.41, 5.74) is 1.47. The molecule has 6 heteroatoms. The Kier molecular flexibility index (Phi) is 3.84. The van der Waals surface area contributed by atoms with E-state index >= 15 is 0 Å². The van der Waals surface area contributed by atoms with E-state index in [1.165, 1.54) is 6.33 Å². The van der Waals surface area contributed by atoms with Crippen LogP contribution in [0.1, 0.15) is 0 Å². The zero-order valence-electron chi connectivity index (χ0n) is 9.86. The minimum absolute atomic E-state index is 0.383. The number of H-pyrrole nitrogens is 1. The molecule has 0 atom stereocenters. The van der Waals surface area contributed by atoms with Crippen LogP contribution < -0.4 is 9.47 Å². The Morgan fingerprint density at radius 2 is 2.06 bits per heavy atom. The highest BCUT2D eigenvalue weighted by molar-refractivity contribution is 7.71. The van der Waals surface area contributed by atoms with Gasteiger partial charge in [-0.15, -0.1) is 0 Å². The van der Waals surface area contributed by atoms with E-state index in [-0.39, 0.29) is 0 Å². The van der Waals surface area contributed by atoms with E-state index in [1.54, 1.807) is 32.4 Å². The van der Waals surface area contributed by atoms with Gasteiger partial charge >= 0.3 is 0 Å². The first-order valence-electron chi connectivity index (χ1n) is 5.13. The van der Waals surface area contributed by atoms with Crippen molar-refractivity contribution in [2.24, 2.45) is 0 Å². The molecule has 0 aliphatic carbocycles. The highest BCUT2D eigenvalue weighted by Crippen LogP contribution is 2.36. The average Bonchev–Trinajstić information content (AvgIpc) is 2.38. The second kappa shape index (κ2) is 5.37. The Labute approximate surface area is 115 Å². The van der Waals surface area contributed by atoms with Gasteiger partial charge in [0, 0.05) is 10.6 Å². The van der Waals surface area contributed by atoms with Crippen molar-refractivity contribution in [3.05, 3.63) is 34.2 Å². The summed E-state index contributed by atoms with van der Waals surface area (Å²) in [6, 6.07) is 5.32. The monoisotopic (exact) mass is 282 g/mol. The van der Waals surface area contributed by atoms with Crippen molar-refractivity contribution in [1.82, 2.24) is 9.97 Å². The highest BCUT2D eigenvalue weighted by Gasteiger charge is 2.13. The standard InChI is InChI=1S/C12H11ClN2O2S/c1-16-9-4-3-7(13)5-8(9)10-11(17-2)12(18)15-6-14-10/h3-6H,1-2H3,(H,14,15,18). The van der Waals surface area contributed by atoms with E-state index in [1.807, 2.05) is 0 Å². The van der Waals surface area contributed by atoms with Crippen LogP contribution >= 0.6 is 23.8 Å². The quantitative estimate of drug-likeness (QED) is 0.876. The maximum atomic E-state index is 6.01. The Balaban J connectivity index is 2.72. The molecule has 0 bridgehead atoms. The Morgan fingerprint density at radius 1 is 1.28 bits per heavy atom. The Bertz CT molecular complexity index is 628. The fourth-order valence-electron chi connectivity index (χ4n) is 1.65. The van der Waals surface area contributed by atoms with Crippen molar-refractivity contribution < 1.29 is 9.47 Å². The minimum Gasteiger partial charge on any atom is -0.496 e. The predicted molar refractivity (Wildman–Crippen MR) is 73.0 cm³/mol. The van der Waals surface area contributed by atoms with E-state index in [0.29, 0.717) is 26.9 Å². The maximum absolute atomic E-state index is 6.01. The van der Waals surface area contributed by atoms with E-state index in [0.717, 1.165) is 5.56 Å². The molecule has 2 aromatic rings. The van der Waals surface area contributed by atoms with E-state index in [2.05, 4.69) is 9.97 Å². The second-order valence-corrected chi connectivity index (χ2v) is 4.28. The summed E-state index contributed by atoms with van der Waals surface area (Å²) in [4.78, 5) is 6.98. The number of rotatable bonds is 3. The summed E-state index contributed by atoms with van der Waals surface area (Å²) in [5.74, 6) is 1.17. The van der Waals surface area contributed by atoms with Crippen LogP contribution in [0.4, 0.5) is 0 Å². The molecule has 1 heterocycles. The zero-order chi connectivity index (χ0) is 13.1. The molecule has 1 aromatic heterocycles. The first kappa shape index (κ1) is 12.9. The lowest BCUT2D eigenvalue weighted by atomic mass is 10.1. The van der Waals surface area contributed by atoms with Crippen molar-refractivity contribution >= 4 is 23.8 Å². The third kappa shape index (κ3) is 2.32. The maximum Gasteiger partial charge on any atom is 0.179 e. The van der Waals surface area contributed by atoms with Crippen LogP contribution in [0.15, 0.2) is 24.5 Å². The summed E-state index contributed by atoms with van der Waals surface area (Å²) in [5, 5.41) is 0.601. The molecule has 0 saturated carbocycles. The molecule has 1 aromatic carbocycles. The summed E-state index contributed by atoms with van der Waals surface area (Å²) in [7, 11) is 3.14. The number of hydrogen-bond donors (Lipinski definition) is 1. The topological polar surface area (TPSA) is 47.1 Å². The van der Waals surface area contributed by atoms with Crippen molar-refractivity contribution in [2.45, 2.75) is 0 Å². The lowest BCUT2D eigenvalue weighted by Crippen LogP contribution is -1.96. The van der Waals surface area contributed by atoms with E-state index < -0.39 is 0 Å². The molecule has 0 amide bonds. The largest absolute Gasteiger partial charge is 0.496 e.